The molecule has 0 saturated carbocycles. The number of hydrogen-bond acceptors (Lipinski definition) is 4. The molecule has 0 aliphatic heterocycles. The van der Waals surface area contributed by atoms with Crippen molar-refractivity contribution >= 4 is 28.9 Å². The molecule has 1 aromatic carbocycles. The summed E-state index contributed by atoms with van der Waals surface area (Å²) in [5, 5.41) is 9.58. The molecule has 0 spiro atoms. The zero-order chi connectivity index (χ0) is 12.4. The van der Waals surface area contributed by atoms with E-state index in [2.05, 4.69) is 4.98 Å². The normalized spacial score (nSPS) is 10.5. The minimum Gasteiger partial charge on any atom is -0.384 e. The Kier molecular flexibility index (Phi) is 3.49. The van der Waals surface area contributed by atoms with Gasteiger partial charge in [-0.3, -0.25) is 5.41 Å². The summed E-state index contributed by atoms with van der Waals surface area (Å²) in [5.74, 6) is 0.0979. The van der Waals surface area contributed by atoms with Crippen molar-refractivity contribution in [2.75, 3.05) is 0 Å². The number of nitrogens with one attached hydrogen (secondary N) is 1. The second-order valence-electron chi connectivity index (χ2n) is 3.77. The maximum atomic E-state index is 7.57. The van der Waals surface area contributed by atoms with Crippen molar-refractivity contribution in [2.24, 2.45) is 5.73 Å². The van der Waals surface area contributed by atoms with Crippen molar-refractivity contribution in [3.8, 4) is 0 Å². The van der Waals surface area contributed by atoms with Crippen LogP contribution in [0.4, 0.5) is 0 Å². The van der Waals surface area contributed by atoms with E-state index in [1.165, 1.54) is 0 Å². The van der Waals surface area contributed by atoms with Crippen molar-refractivity contribution in [2.45, 2.75) is 23.1 Å². The SMILES string of the molecule is Cc1ccc(C(=N)N)c(Sc2nc(C)cs2)c1. The van der Waals surface area contributed by atoms with Crippen molar-refractivity contribution in [1.82, 2.24) is 4.98 Å². The zero-order valence-electron chi connectivity index (χ0n) is 9.65. The molecule has 0 amide bonds. The highest BCUT2D eigenvalue weighted by molar-refractivity contribution is 8.01. The van der Waals surface area contributed by atoms with E-state index in [0.717, 1.165) is 26.1 Å². The van der Waals surface area contributed by atoms with Gasteiger partial charge in [0.2, 0.25) is 0 Å². The van der Waals surface area contributed by atoms with Gasteiger partial charge in [-0.2, -0.15) is 0 Å². The lowest BCUT2D eigenvalue weighted by Gasteiger charge is -2.07. The van der Waals surface area contributed by atoms with Crippen molar-refractivity contribution in [1.29, 1.82) is 5.41 Å². The second-order valence-corrected chi connectivity index (χ2v) is 5.92. The van der Waals surface area contributed by atoms with E-state index < -0.39 is 0 Å². The molecule has 1 aromatic heterocycles. The predicted molar refractivity (Wildman–Crippen MR) is 73.2 cm³/mol. The first-order valence-electron chi connectivity index (χ1n) is 5.11. The fourth-order valence-electron chi connectivity index (χ4n) is 1.41. The van der Waals surface area contributed by atoms with Crippen LogP contribution < -0.4 is 5.73 Å². The molecule has 3 nitrogen and oxygen atoms in total. The molecule has 17 heavy (non-hydrogen) atoms. The van der Waals surface area contributed by atoms with Gasteiger partial charge in [0.05, 0.1) is 0 Å². The molecule has 5 heteroatoms. The lowest BCUT2D eigenvalue weighted by molar-refractivity contribution is 1.16. The molecule has 0 radical (unpaired) electrons. The summed E-state index contributed by atoms with van der Waals surface area (Å²) in [6.07, 6.45) is 0. The first-order chi connectivity index (χ1) is 8.06. The van der Waals surface area contributed by atoms with E-state index in [4.69, 9.17) is 11.1 Å². The molecule has 2 rings (SSSR count). The first-order valence-corrected chi connectivity index (χ1v) is 6.81. The van der Waals surface area contributed by atoms with E-state index in [0.29, 0.717) is 0 Å². The molecule has 0 atom stereocenters. The third-order valence-corrected chi connectivity index (χ3v) is 4.34. The summed E-state index contributed by atoms with van der Waals surface area (Å²) in [7, 11) is 0. The largest absolute Gasteiger partial charge is 0.384 e. The summed E-state index contributed by atoms with van der Waals surface area (Å²) < 4.78 is 0.982. The fraction of sp³-hybridized carbons (Fsp3) is 0.167. The van der Waals surface area contributed by atoms with Crippen LogP contribution in [0.5, 0.6) is 0 Å². The second kappa shape index (κ2) is 4.89. The Morgan fingerprint density at radius 3 is 2.76 bits per heavy atom. The quantitative estimate of drug-likeness (QED) is 0.660. The topological polar surface area (TPSA) is 62.8 Å². The van der Waals surface area contributed by atoms with Crippen LogP contribution >= 0.6 is 23.1 Å². The van der Waals surface area contributed by atoms with Crippen molar-refractivity contribution in [3.05, 3.63) is 40.4 Å². The fourth-order valence-corrected chi connectivity index (χ4v) is 3.45. The highest BCUT2D eigenvalue weighted by Crippen LogP contribution is 2.33. The molecule has 2 aromatic rings. The van der Waals surface area contributed by atoms with Crippen LogP contribution in [0.2, 0.25) is 0 Å². The van der Waals surface area contributed by atoms with Crippen molar-refractivity contribution in [3.63, 3.8) is 0 Å². The predicted octanol–water partition coefficient (Wildman–Crippen LogP) is 3.20. The van der Waals surface area contributed by atoms with Crippen LogP contribution in [-0.4, -0.2) is 10.8 Å². The third kappa shape index (κ3) is 2.87. The third-order valence-electron chi connectivity index (χ3n) is 2.22. The van der Waals surface area contributed by atoms with E-state index in [9.17, 15) is 0 Å². The van der Waals surface area contributed by atoms with Crippen LogP contribution in [0.25, 0.3) is 0 Å². The lowest BCUT2D eigenvalue weighted by Crippen LogP contribution is -2.12. The standard InChI is InChI=1S/C12H13N3S2/c1-7-3-4-9(11(13)14)10(5-7)17-12-15-8(2)6-16-12/h3-6H,1-2H3,(H3,13,14). The maximum absolute atomic E-state index is 7.57. The van der Waals surface area contributed by atoms with Crippen molar-refractivity contribution < 1.29 is 0 Å². The zero-order valence-corrected chi connectivity index (χ0v) is 11.3. The van der Waals surface area contributed by atoms with Gasteiger partial charge in [0.25, 0.3) is 0 Å². The van der Waals surface area contributed by atoms with E-state index in [1.807, 2.05) is 37.4 Å². The molecule has 0 aliphatic rings. The number of nitrogen functional groups attached to an aromatic ring is 1. The lowest BCUT2D eigenvalue weighted by atomic mass is 10.1. The molecule has 3 N–H and O–H groups in total. The monoisotopic (exact) mass is 263 g/mol. The molecular weight excluding hydrogens is 250 g/mol. The van der Waals surface area contributed by atoms with Crippen LogP contribution in [0.1, 0.15) is 16.8 Å². The number of amidine groups is 1. The minimum atomic E-state index is 0.0979. The van der Waals surface area contributed by atoms with Gasteiger partial charge in [-0.05, 0) is 31.5 Å². The van der Waals surface area contributed by atoms with Gasteiger partial charge in [0, 0.05) is 21.5 Å². The van der Waals surface area contributed by atoms with Crippen LogP contribution in [0, 0.1) is 19.3 Å². The molecular formula is C12H13N3S2. The van der Waals surface area contributed by atoms with Gasteiger partial charge in [-0.1, -0.05) is 17.8 Å². The van der Waals surface area contributed by atoms with Crippen LogP contribution in [0.3, 0.4) is 0 Å². The highest BCUT2D eigenvalue weighted by Gasteiger charge is 2.09. The summed E-state index contributed by atoms with van der Waals surface area (Å²) in [6.45, 7) is 4.00. The molecule has 0 unspecified atom stereocenters. The number of benzene rings is 1. The molecule has 88 valence electrons. The number of aryl methyl sites for hydroxylation is 2. The summed E-state index contributed by atoms with van der Waals surface area (Å²) in [5.41, 5.74) is 8.53. The first kappa shape index (κ1) is 12.1. The van der Waals surface area contributed by atoms with Gasteiger partial charge in [0.15, 0.2) is 4.34 Å². The molecule has 0 aliphatic carbocycles. The van der Waals surface area contributed by atoms with Gasteiger partial charge in [-0.15, -0.1) is 11.3 Å². The van der Waals surface area contributed by atoms with Gasteiger partial charge in [-0.25, -0.2) is 4.98 Å². The Balaban J connectivity index is 2.37. The number of aromatic nitrogens is 1. The number of rotatable bonds is 3. The minimum absolute atomic E-state index is 0.0979. The Bertz CT molecular complexity index is 561. The summed E-state index contributed by atoms with van der Waals surface area (Å²) >= 11 is 3.18. The van der Waals surface area contributed by atoms with Gasteiger partial charge < -0.3 is 5.73 Å². The number of thiazole rings is 1. The highest BCUT2D eigenvalue weighted by atomic mass is 32.2. The average molecular weight is 263 g/mol. The maximum Gasteiger partial charge on any atom is 0.154 e. The van der Waals surface area contributed by atoms with E-state index in [-0.39, 0.29) is 5.84 Å². The van der Waals surface area contributed by atoms with E-state index in [1.54, 1.807) is 23.1 Å². The Morgan fingerprint density at radius 1 is 1.41 bits per heavy atom. The summed E-state index contributed by atoms with van der Waals surface area (Å²) in [6, 6.07) is 5.90. The molecule has 0 saturated heterocycles. The molecule has 0 fully saturated rings. The Morgan fingerprint density at radius 2 is 2.18 bits per heavy atom. The smallest absolute Gasteiger partial charge is 0.154 e. The van der Waals surface area contributed by atoms with Gasteiger partial charge in [0.1, 0.15) is 5.84 Å². The molecule has 0 bridgehead atoms. The molecule has 1 heterocycles. The van der Waals surface area contributed by atoms with E-state index >= 15 is 0 Å². The summed E-state index contributed by atoms with van der Waals surface area (Å²) in [4.78, 5) is 5.40. The Labute approximate surface area is 109 Å². The Hall–Kier alpha value is -1.33. The van der Waals surface area contributed by atoms with Crippen LogP contribution in [0.15, 0.2) is 32.8 Å². The number of hydrogen-bond donors (Lipinski definition) is 2. The number of nitrogens with zero attached hydrogens (tertiary/aromatic N) is 1. The van der Waals surface area contributed by atoms with Crippen LogP contribution in [-0.2, 0) is 0 Å². The number of nitrogens with two attached hydrogens (primary N) is 1. The van der Waals surface area contributed by atoms with Gasteiger partial charge >= 0.3 is 0 Å². The average Bonchev–Trinajstić information content (AvgIpc) is 2.63.